The third kappa shape index (κ3) is 10.8. The molecule has 0 amide bonds. The Balaban J connectivity index is 0.000000245. The third-order valence-corrected chi connectivity index (χ3v) is 10.1. The first-order valence-corrected chi connectivity index (χ1v) is 19.3. The van der Waals surface area contributed by atoms with E-state index in [1.54, 1.807) is 18.5 Å². The van der Waals surface area contributed by atoms with Gasteiger partial charge in [-0.25, -0.2) is 13.9 Å². The van der Waals surface area contributed by atoms with Gasteiger partial charge in [-0.3, -0.25) is 19.8 Å². The van der Waals surface area contributed by atoms with Crippen molar-refractivity contribution < 1.29 is 28.6 Å². The fraction of sp³-hybridized carbons (Fsp3) is 0.379. The van der Waals surface area contributed by atoms with Gasteiger partial charge in [-0.15, -0.1) is 0 Å². The highest BCUT2D eigenvalue weighted by Gasteiger charge is 2.19. The van der Waals surface area contributed by atoms with Gasteiger partial charge in [-0.05, 0) is 76.4 Å². The molecule has 244 valence electrons. The molecule has 11 nitrogen and oxygen atoms in total. The predicted octanol–water partition coefficient (Wildman–Crippen LogP) is 8.03. The molecule has 1 aromatic carbocycles. The number of benzene rings is 1. The first-order valence-electron chi connectivity index (χ1n) is 13.6. The Morgan fingerprint density at radius 2 is 1.60 bits per heavy atom. The molecule has 3 aromatic heterocycles. The van der Waals surface area contributed by atoms with Crippen molar-refractivity contribution in [1.29, 1.82) is 0 Å². The quantitative estimate of drug-likeness (QED) is 0.0875. The van der Waals surface area contributed by atoms with Gasteiger partial charge in [-0.1, -0.05) is 37.3 Å². The Hall–Kier alpha value is -2.98. The van der Waals surface area contributed by atoms with Crippen LogP contribution in [-0.2, 0) is 11.5 Å². The predicted molar refractivity (Wildman–Crippen MR) is 180 cm³/mol. The number of halogens is 4. The average molecular weight is 791 g/mol. The number of ketones is 2. The van der Waals surface area contributed by atoms with E-state index in [4.69, 9.17) is 21.4 Å². The van der Waals surface area contributed by atoms with Gasteiger partial charge in [0.25, 0.3) is 0 Å². The van der Waals surface area contributed by atoms with E-state index in [0.29, 0.717) is 34.9 Å². The molecule has 0 unspecified atom stereocenters. The summed E-state index contributed by atoms with van der Waals surface area (Å²) in [6, 6.07) is 5.15. The van der Waals surface area contributed by atoms with Gasteiger partial charge < -0.3 is 9.84 Å². The van der Waals surface area contributed by atoms with Crippen LogP contribution >= 0.6 is 43.5 Å². The molecule has 0 fully saturated rings. The molecule has 0 aliphatic heterocycles. The van der Waals surface area contributed by atoms with E-state index in [2.05, 4.69) is 77.0 Å². The monoisotopic (exact) mass is 788 g/mol. The Morgan fingerprint density at radius 1 is 1.00 bits per heavy atom. The van der Waals surface area contributed by atoms with Crippen LogP contribution in [0.3, 0.4) is 0 Å². The summed E-state index contributed by atoms with van der Waals surface area (Å²) in [6.45, 7) is 16.4. The van der Waals surface area contributed by atoms with Crippen LogP contribution in [0.2, 0.25) is 30.7 Å². The number of carboxylic acids is 1. The molecule has 3 N–H and O–H groups in total. The van der Waals surface area contributed by atoms with Crippen molar-refractivity contribution in [2.45, 2.75) is 67.0 Å². The van der Waals surface area contributed by atoms with Crippen LogP contribution in [0.15, 0.2) is 27.1 Å². The van der Waals surface area contributed by atoms with E-state index < -0.39 is 19.9 Å². The Morgan fingerprint density at radius 3 is 2.07 bits per heavy atom. The summed E-state index contributed by atoms with van der Waals surface area (Å²) >= 11 is 12.3. The van der Waals surface area contributed by atoms with E-state index in [1.807, 2.05) is 13.8 Å². The molecule has 0 saturated carbocycles. The standard InChI is InChI=1S/C12H21BrN2O2Si.C11H8ClFN2O2.C6H7BrN2O/c1-9-11(13)12(10(2)16)15(14-9)8-17-6-7-18(3,4)5;1-5-9(10(11(16)17)15-14-5)6-2-3-8(13)7(12)4-6;1-3-5(7)6(4(2)10)9-8-3/h6-8H2,1-5H3;2-4H,1H3,(H,14,15)(H,16,17);1-2H3,(H,8,9). The number of aromatic nitrogens is 6. The molecule has 0 aliphatic carbocycles. The smallest absolute Gasteiger partial charge is 0.357 e. The normalized spacial score (nSPS) is 10.9. The van der Waals surface area contributed by atoms with Crippen LogP contribution in [0.1, 0.15) is 62.4 Å². The highest BCUT2D eigenvalue weighted by molar-refractivity contribution is 9.11. The minimum absolute atomic E-state index is 0.00345. The highest BCUT2D eigenvalue weighted by Crippen LogP contribution is 2.29. The molecule has 4 rings (SSSR count). The number of aromatic carboxylic acids is 1. The highest BCUT2D eigenvalue weighted by atomic mass is 79.9. The Kier molecular flexibility index (Phi) is 14.0. The largest absolute Gasteiger partial charge is 0.476 e. The Bertz CT molecular complexity index is 1680. The minimum Gasteiger partial charge on any atom is -0.476 e. The van der Waals surface area contributed by atoms with E-state index in [9.17, 15) is 18.8 Å². The number of hydrogen-bond donors (Lipinski definition) is 3. The zero-order valence-corrected chi connectivity index (χ0v) is 31.2. The van der Waals surface area contributed by atoms with Crippen LogP contribution < -0.4 is 0 Å². The van der Waals surface area contributed by atoms with E-state index in [-0.39, 0.29) is 22.3 Å². The summed E-state index contributed by atoms with van der Waals surface area (Å²) in [5, 5.41) is 26.0. The molecule has 4 aromatic rings. The van der Waals surface area contributed by atoms with Crippen LogP contribution in [0, 0.1) is 26.6 Å². The second kappa shape index (κ2) is 16.5. The Labute approximate surface area is 283 Å². The number of carbonyl (C=O) groups is 3. The van der Waals surface area contributed by atoms with Crippen molar-refractivity contribution in [2.75, 3.05) is 6.61 Å². The summed E-state index contributed by atoms with van der Waals surface area (Å²) in [7, 11) is -1.07. The summed E-state index contributed by atoms with van der Waals surface area (Å²) in [6.07, 6.45) is 0. The second-order valence-corrected chi connectivity index (χ2v) is 18.8. The lowest BCUT2D eigenvalue weighted by Gasteiger charge is -2.15. The lowest BCUT2D eigenvalue weighted by molar-refractivity contribution is 0.0690. The van der Waals surface area contributed by atoms with Gasteiger partial charge >= 0.3 is 5.97 Å². The lowest BCUT2D eigenvalue weighted by atomic mass is 10.0. The van der Waals surface area contributed by atoms with Crippen LogP contribution in [0.25, 0.3) is 11.1 Å². The number of aryl methyl sites for hydroxylation is 3. The van der Waals surface area contributed by atoms with Crippen molar-refractivity contribution in [3.05, 3.63) is 72.1 Å². The number of rotatable bonds is 9. The minimum atomic E-state index is -1.15. The van der Waals surface area contributed by atoms with Crippen molar-refractivity contribution in [1.82, 2.24) is 30.2 Å². The van der Waals surface area contributed by atoms with Crippen LogP contribution in [0.4, 0.5) is 4.39 Å². The lowest BCUT2D eigenvalue weighted by Crippen LogP contribution is -2.22. The first kappa shape index (κ1) is 38.2. The molecule has 45 heavy (non-hydrogen) atoms. The molecule has 16 heteroatoms. The number of aromatic amines is 2. The molecule has 0 bridgehead atoms. The van der Waals surface area contributed by atoms with Gasteiger partial charge in [0.2, 0.25) is 0 Å². The number of ether oxygens (including phenoxy) is 1. The van der Waals surface area contributed by atoms with Crippen LogP contribution in [0.5, 0.6) is 0 Å². The third-order valence-electron chi connectivity index (χ3n) is 6.16. The molecular weight excluding hydrogens is 755 g/mol. The second-order valence-electron chi connectivity index (χ2n) is 11.2. The zero-order chi connectivity index (χ0) is 34.2. The van der Waals surface area contributed by atoms with Gasteiger partial charge in [0.05, 0.1) is 19.7 Å². The van der Waals surface area contributed by atoms with Gasteiger partial charge in [0, 0.05) is 45.5 Å². The van der Waals surface area contributed by atoms with E-state index in [0.717, 1.165) is 33.0 Å². The number of Topliss-reactive ketones (excluding diaryl/α,β-unsaturated/α-hetero) is 2. The fourth-order valence-corrected chi connectivity index (χ4v) is 5.71. The average Bonchev–Trinajstić information content (AvgIpc) is 3.58. The molecule has 0 spiro atoms. The molecule has 0 saturated heterocycles. The maximum absolute atomic E-state index is 13.0. The zero-order valence-electron chi connectivity index (χ0n) is 26.2. The van der Waals surface area contributed by atoms with Crippen molar-refractivity contribution in [2.24, 2.45) is 0 Å². The summed E-state index contributed by atoms with van der Waals surface area (Å²) < 4.78 is 21.8. The van der Waals surface area contributed by atoms with Crippen molar-refractivity contribution >= 4 is 69.1 Å². The van der Waals surface area contributed by atoms with Gasteiger partial charge in [0.1, 0.15) is 23.9 Å². The number of nitrogens with zero attached hydrogens (tertiary/aromatic N) is 4. The number of carboxylic acid groups (broad SMARTS) is 1. The number of hydrogen-bond acceptors (Lipinski definition) is 7. The molecule has 0 atom stereocenters. The summed E-state index contributed by atoms with van der Waals surface area (Å²) in [4.78, 5) is 33.3. The maximum atomic E-state index is 13.0. The maximum Gasteiger partial charge on any atom is 0.357 e. The van der Waals surface area contributed by atoms with Gasteiger partial charge in [0.15, 0.2) is 17.3 Å². The van der Waals surface area contributed by atoms with E-state index >= 15 is 0 Å². The summed E-state index contributed by atoms with van der Waals surface area (Å²) in [5.74, 6) is -1.73. The molecule has 3 heterocycles. The molecule has 0 aliphatic rings. The molecular formula is C29H36Br2ClFN6O5Si. The van der Waals surface area contributed by atoms with E-state index in [1.165, 1.54) is 25.1 Å². The van der Waals surface area contributed by atoms with Crippen molar-refractivity contribution in [3.8, 4) is 11.1 Å². The van der Waals surface area contributed by atoms with Crippen LogP contribution in [-0.4, -0.2) is 67.5 Å². The SMILES string of the molecule is CC(=O)c1c(Br)c(C)nn1COCC[Si](C)(C)C.CC(=O)c1n[nH]c(C)c1Br.Cc1[nH]nc(C(=O)O)c1-c1ccc(F)c(Cl)c1. The van der Waals surface area contributed by atoms with Crippen molar-refractivity contribution in [3.63, 3.8) is 0 Å². The first-order chi connectivity index (χ1) is 20.8. The number of nitrogens with one attached hydrogen (secondary N) is 2. The number of H-pyrrole nitrogens is 2. The van der Waals surface area contributed by atoms with Gasteiger partial charge in [-0.2, -0.15) is 15.3 Å². The molecule has 0 radical (unpaired) electrons. The summed E-state index contributed by atoms with van der Waals surface area (Å²) in [5.41, 5.74) is 4.16. The topological polar surface area (TPSA) is 156 Å². The fourth-order valence-electron chi connectivity index (χ4n) is 3.76. The number of carbonyl (C=O) groups excluding carboxylic acids is 2.